The van der Waals surface area contributed by atoms with Gasteiger partial charge < -0.3 is 5.73 Å². The van der Waals surface area contributed by atoms with Gasteiger partial charge in [0.1, 0.15) is 5.54 Å². The summed E-state index contributed by atoms with van der Waals surface area (Å²) in [6.07, 6.45) is 1.23. The molecule has 6 heteroatoms. The quantitative estimate of drug-likeness (QED) is 0.778. The van der Waals surface area contributed by atoms with E-state index in [1.807, 2.05) is 6.92 Å². The summed E-state index contributed by atoms with van der Waals surface area (Å²) in [4.78, 5) is 2.12. The fourth-order valence-electron chi connectivity index (χ4n) is 2.19. The van der Waals surface area contributed by atoms with Gasteiger partial charge in [0.05, 0.1) is 17.6 Å². The van der Waals surface area contributed by atoms with Gasteiger partial charge in [-0.05, 0) is 33.2 Å². The molecular formula is C11H21N3O2S. The number of hydrogen-bond acceptors (Lipinski definition) is 5. The second-order valence-corrected chi connectivity index (χ2v) is 7.43. The van der Waals surface area contributed by atoms with Crippen molar-refractivity contribution in [1.82, 2.24) is 4.90 Å². The molecule has 1 rings (SSSR count). The van der Waals surface area contributed by atoms with E-state index in [1.54, 1.807) is 6.92 Å². The Labute approximate surface area is 104 Å². The second-order valence-electron chi connectivity index (χ2n) is 5.12. The molecule has 1 heterocycles. The summed E-state index contributed by atoms with van der Waals surface area (Å²) < 4.78 is 23.0. The number of hydrogen-bond donors (Lipinski definition) is 1. The number of sulfone groups is 1. The zero-order chi connectivity index (χ0) is 13.1. The van der Waals surface area contributed by atoms with Crippen molar-refractivity contribution in [2.45, 2.75) is 38.3 Å². The number of nitriles is 1. The van der Waals surface area contributed by atoms with Crippen LogP contribution in [0.4, 0.5) is 0 Å². The first kappa shape index (κ1) is 14.4. The van der Waals surface area contributed by atoms with Crippen LogP contribution in [0.2, 0.25) is 0 Å². The average molecular weight is 259 g/mol. The van der Waals surface area contributed by atoms with Crippen LogP contribution in [0, 0.1) is 11.3 Å². The normalized spacial score (nSPS) is 26.5. The fraction of sp³-hybridized carbons (Fsp3) is 0.909. The molecule has 5 nitrogen and oxygen atoms in total. The van der Waals surface area contributed by atoms with E-state index in [-0.39, 0.29) is 17.5 Å². The smallest absolute Gasteiger partial charge is 0.151 e. The predicted molar refractivity (Wildman–Crippen MR) is 67.1 cm³/mol. The highest BCUT2D eigenvalue weighted by molar-refractivity contribution is 7.91. The van der Waals surface area contributed by atoms with Crippen LogP contribution in [0.5, 0.6) is 0 Å². The van der Waals surface area contributed by atoms with Crippen molar-refractivity contribution in [3.8, 4) is 6.07 Å². The molecule has 1 saturated heterocycles. The third-order valence-corrected chi connectivity index (χ3v) is 4.90. The molecule has 1 fully saturated rings. The van der Waals surface area contributed by atoms with Gasteiger partial charge in [-0.15, -0.1) is 0 Å². The van der Waals surface area contributed by atoms with E-state index < -0.39 is 15.4 Å². The second kappa shape index (κ2) is 5.34. The van der Waals surface area contributed by atoms with Gasteiger partial charge in [-0.3, -0.25) is 4.90 Å². The lowest BCUT2D eigenvalue weighted by Gasteiger charge is -2.30. The van der Waals surface area contributed by atoms with Crippen molar-refractivity contribution in [3.63, 3.8) is 0 Å². The molecule has 98 valence electrons. The number of rotatable bonds is 3. The molecule has 0 aromatic carbocycles. The fourth-order valence-corrected chi connectivity index (χ4v) is 3.47. The van der Waals surface area contributed by atoms with Gasteiger partial charge in [0.25, 0.3) is 0 Å². The van der Waals surface area contributed by atoms with E-state index in [9.17, 15) is 8.42 Å². The monoisotopic (exact) mass is 259 g/mol. The maximum absolute atomic E-state index is 11.5. The molecule has 2 unspecified atom stereocenters. The third-order valence-electron chi connectivity index (χ3n) is 3.19. The largest absolute Gasteiger partial charge is 0.314 e. The summed E-state index contributed by atoms with van der Waals surface area (Å²) >= 11 is 0. The molecule has 0 aromatic heterocycles. The van der Waals surface area contributed by atoms with Crippen LogP contribution in [-0.2, 0) is 9.84 Å². The van der Waals surface area contributed by atoms with Gasteiger partial charge in [-0.2, -0.15) is 5.26 Å². The van der Waals surface area contributed by atoms with Crippen molar-refractivity contribution in [3.05, 3.63) is 0 Å². The van der Waals surface area contributed by atoms with Crippen LogP contribution in [0.1, 0.15) is 26.7 Å². The summed E-state index contributed by atoms with van der Waals surface area (Å²) in [5.74, 6) is 0.486. The minimum atomic E-state index is -2.87. The Kier molecular flexibility index (Phi) is 4.53. The Bertz CT molecular complexity index is 397. The molecule has 1 aliphatic rings. The minimum absolute atomic E-state index is 0.137. The predicted octanol–water partition coefficient (Wildman–Crippen LogP) is 0.126. The van der Waals surface area contributed by atoms with Gasteiger partial charge >= 0.3 is 0 Å². The summed E-state index contributed by atoms with van der Waals surface area (Å²) in [7, 11) is -2.87. The molecule has 0 saturated carbocycles. The lowest BCUT2D eigenvalue weighted by Crippen LogP contribution is -2.44. The molecule has 1 aliphatic heterocycles. The van der Waals surface area contributed by atoms with Crippen molar-refractivity contribution in [2.24, 2.45) is 5.73 Å². The molecule has 2 atom stereocenters. The topological polar surface area (TPSA) is 87.2 Å². The van der Waals surface area contributed by atoms with Gasteiger partial charge in [0.15, 0.2) is 9.84 Å². The zero-order valence-corrected chi connectivity index (χ0v) is 11.3. The number of nitrogens with two attached hydrogens (primary N) is 1. The molecule has 17 heavy (non-hydrogen) atoms. The van der Waals surface area contributed by atoms with E-state index in [0.29, 0.717) is 19.4 Å². The van der Waals surface area contributed by atoms with Gasteiger partial charge in [-0.25, -0.2) is 8.42 Å². The van der Waals surface area contributed by atoms with Crippen molar-refractivity contribution in [1.29, 1.82) is 5.26 Å². The Balaban J connectivity index is 2.59. The summed E-state index contributed by atoms with van der Waals surface area (Å²) in [5.41, 5.74) is 4.97. The van der Waals surface area contributed by atoms with Crippen molar-refractivity contribution < 1.29 is 8.42 Å². The Morgan fingerprint density at radius 3 is 2.71 bits per heavy atom. The van der Waals surface area contributed by atoms with Crippen molar-refractivity contribution in [2.75, 3.05) is 24.6 Å². The highest BCUT2D eigenvalue weighted by atomic mass is 32.2. The van der Waals surface area contributed by atoms with Crippen LogP contribution < -0.4 is 5.73 Å². The zero-order valence-electron chi connectivity index (χ0n) is 10.5. The first-order valence-corrected chi connectivity index (χ1v) is 7.72. The van der Waals surface area contributed by atoms with E-state index in [2.05, 4.69) is 11.0 Å². The average Bonchev–Trinajstić information content (AvgIpc) is 2.39. The standard InChI is InChI=1S/C11H21N3O2S/c1-10(8-11(2,13)9-12)14-4-3-6-17(15,16)7-5-14/h10H,3-8,13H2,1-2H3. The van der Waals surface area contributed by atoms with Gasteiger partial charge in [-0.1, -0.05) is 0 Å². The molecule has 0 aliphatic carbocycles. The Morgan fingerprint density at radius 1 is 1.47 bits per heavy atom. The Morgan fingerprint density at radius 2 is 2.12 bits per heavy atom. The summed E-state index contributed by atoms with van der Waals surface area (Å²) in [6.45, 7) is 5.02. The minimum Gasteiger partial charge on any atom is -0.314 e. The SMILES string of the molecule is CC(CC(C)(N)C#N)N1CCCS(=O)(=O)CC1. The van der Waals surface area contributed by atoms with E-state index in [0.717, 1.165) is 6.54 Å². The van der Waals surface area contributed by atoms with Crippen molar-refractivity contribution >= 4 is 9.84 Å². The van der Waals surface area contributed by atoms with Crippen LogP contribution in [0.15, 0.2) is 0 Å². The first-order chi connectivity index (χ1) is 7.76. The summed E-state index contributed by atoms with van der Waals surface area (Å²) in [6, 6.07) is 2.21. The van der Waals surface area contributed by atoms with E-state index in [1.165, 1.54) is 0 Å². The molecule has 0 amide bonds. The van der Waals surface area contributed by atoms with Crippen LogP contribution in [0.3, 0.4) is 0 Å². The van der Waals surface area contributed by atoms with E-state index >= 15 is 0 Å². The van der Waals surface area contributed by atoms with Crippen LogP contribution in [-0.4, -0.2) is 49.5 Å². The molecular weight excluding hydrogens is 238 g/mol. The van der Waals surface area contributed by atoms with Gasteiger partial charge in [0.2, 0.25) is 0 Å². The van der Waals surface area contributed by atoms with Crippen LogP contribution >= 0.6 is 0 Å². The maximum Gasteiger partial charge on any atom is 0.151 e. The Hall–Kier alpha value is -0.640. The van der Waals surface area contributed by atoms with Crippen LogP contribution in [0.25, 0.3) is 0 Å². The van der Waals surface area contributed by atoms with E-state index in [4.69, 9.17) is 11.0 Å². The molecule has 0 aromatic rings. The third kappa shape index (κ3) is 4.62. The maximum atomic E-state index is 11.5. The highest BCUT2D eigenvalue weighted by Crippen LogP contribution is 2.16. The molecule has 2 N–H and O–H groups in total. The highest BCUT2D eigenvalue weighted by Gasteiger charge is 2.27. The lowest BCUT2D eigenvalue weighted by molar-refractivity contribution is 0.198. The molecule has 0 spiro atoms. The lowest BCUT2D eigenvalue weighted by atomic mass is 9.96. The molecule has 0 radical (unpaired) electrons. The summed E-state index contributed by atoms with van der Waals surface area (Å²) in [5, 5.41) is 8.89. The molecule has 0 bridgehead atoms. The number of nitrogens with zero attached hydrogens (tertiary/aromatic N) is 2. The first-order valence-electron chi connectivity index (χ1n) is 5.90. The van der Waals surface area contributed by atoms with Gasteiger partial charge in [0, 0.05) is 12.6 Å².